The van der Waals surface area contributed by atoms with Crippen LogP contribution in [0.15, 0.2) is 0 Å². The fraction of sp³-hybridized carbons (Fsp3) is 0.769. The van der Waals surface area contributed by atoms with Crippen LogP contribution < -0.4 is 5.32 Å². The van der Waals surface area contributed by atoms with Crippen LogP contribution in [-0.4, -0.2) is 45.2 Å². The first-order chi connectivity index (χ1) is 10.4. The van der Waals surface area contributed by atoms with Crippen molar-refractivity contribution in [3.63, 3.8) is 0 Å². The molecule has 3 rings (SSSR count). The summed E-state index contributed by atoms with van der Waals surface area (Å²) in [5.41, 5.74) is 0. The number of nitrogens with one attached hydrogen (secondary N) is 1. The lowest BCUT2D eigenvalue weighted by Gasteiger charge is -2.35. The number of amides is 1. The van der Waals surface area contributed by atoms with Gasteiger partial charge in [-0.1, -0.05) is 6.92 Å². The number of alkyl halides is 3. The first-order valence-electron chi connectivity index (χ1n) is 7.36. The average molecular weight is 317 g/mol. The summed E-state index contributed by atoms with van der Waals surface area (Å²) in [4.78, 5) is 14.2. The highest BCUT2D eigenvalue weighted by Crippen LogP contribution is 2.30. The van der Waals surface area contributed by atoms with E-state index in [1.54, 1.807) is 4.90 Å². The van der Waals surface area contributed by atoms with E-state index in [0.717, 1.165) is 24.1 Å². The summed E-state index contributed by atoms with van der Waals surface area (Å²) in [6.07, 6.45) is -3.75. The largest absolute Gasteiger partial charge is 0.451 e. The molecule has 0 radical (unpaired) electrons. The van der Waals surface area contributed by atoms with Crippen molar-refractivity contribution in [3.05, 3.63) is 11.6 Å². The van der Waals surface area contributed by atoms with Crippen molar-refractivity contribution < 1.29 is 18.0 Å². The van der Waals surface area contributed by atoms with Gasteiger partial charge in [-0.15, -0.1) is 10.2 Å². The summed E-state index contributed by atoms with van der Waals surface area (Å²) in [5.74, 6) is -0.611. The summed E-state index contributed by atoms with van der Waals surface area (Å²) in [6.45, 7) is 4.05. The number of fused-ring (bicyclic) bond motifs is 1. The third-order valence-corrected chi connectivity index (χ3v) is 4.42. The Kier molecular flexibility index (Phi) is 3.84. The maximum atomic E-state index is 12.8. The molecule has 1 aromatic rings. The quantitative estimate of drug-likeness (QED) is 0.835. The Morgan fingerprint density at radius 1 is 1.32 bits per heavy atom. The first-order valence-corrected chi connectivity index (χ1v) is 7.36. The molecule has 1 fully saturated rings. The van der Waals surface area contributed by atoms with Gasteiger partial charge in [-0.3, -0.25) is 4.79 Å². The SMILES string of the molecule is CC1CNCCC1C(=O)N1CCn2c(nnc2C(F)(F)F)C1. The zero-order valence-electron chi connectivity index (χ0n) is 12.2. The molecule has 1 aromatic heterocycles. The third kappa shape index (κ3) is 2.69. The monoisotopic (exact) mass is 317 g/mol. The Morgan fingerprint density at radius 2 is 2.09 bits per heavy atom. The lowest BCUT2D eigenvalue weighted by atomic mass is 9.86. The molecule has 2 aliphatic heterocycles. The van der Waals surface area contributed by atoms with Crippen molar-refractivity contribution >= 4 is 5.91 Å². The minimum Gasteiger partial charge on any atom is -0.333 e. The molecule has 0 spiro atoms. The average Bonchev–Trinajstić information content (AvgIpc) is 2.90. The molecule has 1 saturated heterocycles. The van der Waals surface area contributed by atoms with Crippen LogP contribution in [-0.2, 0) is 24.1 Å². The fourth-order valence-corrected chi connectivity index (χ4v) is 3.17. The summed E-state index contributed by atoms with van der Waals surface area (Å²) in [6, 6.07) is 0. The topological polar surface area (TPSA) is 63.1 Å². The van der Waals surface area contributed by atoms with E-state index in [2.05, 4.69) is 15.5 Å². The minimum absolute atomic E-state index is 0.0109. The molecule has 22 heavy (non-hydrogen) atoms. The van der Waals surface area contributed by atoms with E-state index < -0.39 is 12.0 Å². The zero-order chi connectivity index (χ0) is 15.9. The van der Waals surface area contributed by atoms with E-state index in [1.807, 2.05) is 6.92 Å². The van der Waals surface area contributed by atoms with Gasteiger partial charge in [0.05, 0.1) is 6.54 Å². The van der Waals surface area contributed by atoms with Crippen molar-refractivity contribution in [1.29, 1.82) is 0 Å². The van der Waals surface area contributed by atoms with Crippen LogP contribution >= 0.6 is 0 Å². The Balaban J connectivity index is 1.74. The predicted octanol–water partition coefficient (Wildman–Crippen LogP) is 0.885. The van der Waals surface area contributed by atoms with Gasteiger partial charge < -0.3 is 14.8 Å². The zero-order valence-corrected chi connectivity index (χ0v) is 12.2. The van der Waals surface area contributed by atoms with Crippen LogP contribution in [0.25, 0.3) is 0 Å². The van der Waals surface area contributed by atoms with Crippen molar-refractivity contribution in [2.45, 2.75) is 32.6 Å². The maximum Gasteiger partial charge on any atom is 0.451 e. The second-order valence-corrected chi connectivity index (χ2v) is 5.93. The van der Waals surface area contributed by atoms with Crippen LogP contribution in [0.1, 0.15) is 25.0 Å². The summed E-state index contributed by atoms with van der Waals surface area (Å²) in [5, 5.41) is 10.1. The molecule has 2 unspecified atom stereocenters. The number of aromatic nitrogens is 3. The predicted molar refractivity (Wildman–Crippen MR) is 70.6 cm³/mol. The van der Waals surface area contributed by atoms with Crippen LogP contribution in [0.3, 0.4) is 0 Å². The molecule has 6 nitrogen and oxygen atoms in total. The van der Waals surface area contributed by atoms with Gasteiger partial charge in [0.25, 0.3) is 0 Å². The Labute approximate surface area is 125 Å². The van der Waals surface area contributed by atoms with E-state index >= 15 is 0 Å². The second kappa shape index (κ2) is 5.53. The van der Waals surface area contributed by atoms with E-state index in [9.17, 15) is 18.0 Å². The standard InChI is InChI=1S/C13H18F3N5O/c1-8-6-17-3-2-9(8)11(22)20-4-5-21-10(7-20)18-19-12(21)13(14,15)16/h8-9,17H,2-7H2,1H3. The molecule has 1 N–H and O–H groups in total. The number of piperidine rings is 1. The number of halogens is 3. The highest BCUT2D eigenvalue weighted by molar-refractivity contribution is 5.79. The second-order valence-electron chi connectivity index (χ2n) is 5.93. The number of hydrogen-bond acceptors (Lipinski definition) is 4. The normalized spacial score (nSPS) is 25.9. The number of carbonyl (C=O) groups is 1. The van der Waals surface area contributed by atoms with Crippen LogP contribution in [0.2, 0.25) is 0 Å². The van der Waals surface area contributed by atoms with Crippen LogP contribution in [0, 0.1) is 11.8 Å². The molecule has 2 aliphatic rings. The Bertz CT molecular complexity index is 571. The molecule has 0 bridgehead atoms. The lowest BCUT2D eigenvalue weighted by Crippen LogP contribution is -2.47. The van der Waals surface area contributed by atoms with Crippen molar-refractivity contribution in [2.24, 2.45) is 11.8 Å². The van der Waals surface area contributed by atoms with Crippen LogP contribution in [0.5, 0.6) is 0 Å². The molecular weight excluding hydrogens is 299 g/mol. The minimum atomic E-state index is -4.51. The third-order valence-electron chi connectivity index (χ3n) is 4.42. The van der Waals surface area contributed by atoms with Crippen molar-refractivity contribution in [1.82, 2.24) is 25.0 Å². The molecule has 0 aromatic carbocycles. The number of nitrogens with zero attached hydrogens (tertiary/aromatic N) is 4. The maximum absolute atomic E-state index is 12.8. The number of hydrogen-bond donors (Lipinski definition) is 1. The Morgan fingerprint density at radius 3 is 2.77 bits per heavy atom. The number of carbonyl (C=O) groups excluding carboxylic acids is 1. The molecular formula is C13H18F3N5O. The van der Waals surface area contributed by atoms with Gasteiger partial charge in [0.2, 0.25) is 11.7 Å². The Hall–Kier alpha value is -1.64. The molecule has 9 heteroatoms. The van der Waals surface area contributed by atoms with Crippen LogP contribution in [0.4, 0.5) is 13.2 Å². The van der Waals surface area contributed by atoms with E-state index in [-0.39, 0.29) is 43.2 Å². The van der Waals surface area contributed by atoms with Gasteiger partial charge in [-0.2, -0.15) is 13.2 Å². The van der Waals surface area contributed by atoms with E-state index in [1.165, 1.54) is 0 Å². The molecule has 0 aliphatic carbocycles. The molecule has 2 atom stereocenters. The van der Waals surface area contributed by atoms with Crippen molar-refractivity contribution in [2.75, 3.05) is 19.6 Å². The van der Waals surface area contributed by atoms with Gasteiger partial charge >= 0.3 is 6.18 Å². The van der Waals surface area contributed by atoms with E-state index in [0.29, 0.717) is 0 Å². The molecule has 1 amide bonds. The summed E-state index contributed by atoms with van der Waals surface area (Å²) in [7, 11) is 0. The number of rotatable bonds is 1. The molecule has 0 saturated carbocycles. The fourth-order valence-electron chi connectivity index (χ4n) is 3.17. The van der Waals surface area contributed by atoms with Gasteiger partial charge in [-0.05, 0) is 25.4 Å². The smallest absolute Gasteiger partial charge is 0.333 e. The van der Waals surface area contributed by atoms with Gasteiger partial charge in [0, 0.05) is 19.0 Å². The van der Waals surface area contributed by atoms with Gasteiger partial charge in [0.1, 0.15) is 0 Å². The van der Waals surface area contributed by atoms with Gasteiger partial charge in [0.15, 0.2) is 5.82 Å². The highest BCUT2D eigenvalue weighted by atomic mass is 19.4. The first kappa shape index (κ1) is 15.3. The summed E-state index contributed by atoms with van der Waals surface area (Å²) >= 11 is 0. The van der Waals surface area contributed by atoms with Crippen molar-refractivity contribution in [3.8, 4) is 0 Å². The summed E-state index contributed by atoms with van der Waals surface area (Å²) < 4.78 is 39.5. The van der Waals surface area contributed by atoms with E-state index in [4.69, 9.17) is 0 Å². The lowest BCUT2D eigenvalue weighted by molar-refractivity contribution is -0.148. The molecule has 122 valence electrons. The molecule has 3 heterocycles. The highest BCUT2D eigenvalue weighted by Gasteiger charge is 2.40. The van der Waals surface area contributed by atoms with Gasteiger partial charge in [-0.25, -0.2) is 0 Å².